The number of anilines is 3. The van der Waals surface area contributed by atoms with Crippen molar-refractivity contribution in [3.8, 4) is 11.4 Å². The van der Waals surface area contributed by atoms with Crippen LogP contribution in [-0.4, -0.2) is 119 Å². The Labute approximate surface area is 255 Å². The second-order valence-corrected chi connectivity index (χ2v) is 11.7. The van der Waals surface area contributed by atoms with Crippen molar-refractivity contribution in [2.24, 2.45) is 5.92 Å². The van der Waals surface area contributed by atoms with E-state index in [1.807, 2.05) is 28.5 Å². The van der Waals surface area contributed by atoms with Gasteiger partial charge in [-0.2, -0.15) is 15.0 Å². The average molecular weight is 615 g/mol. The lowest BCUT2D eigenvalue weighted by Gasteiger charge is -2.43. The molecule has 2 aromatic heterocycles. The van der Waals surface area contributed by atoms with Crippen LogP contribution in [0.25, 0.3) is 11.4 Å². The monoisotopic (exact) mass is 614 g/mol. The van der Waals surface area contributed by atoms with Crippen LogP contribution in [0.15, 0.2) is 17.8 Å². The number of alkyl halides is 2. The third kappa shape index (κ3) is 8.00. The van der Waals surface area contributed by atoms with E-state index in [0.29, 0.717) is 76.5 Å². The van der Waals surface area contributed by atoms with E-state index in [1.54, 1.807) is 6.08 Å². The van der Waals surface area contributed by atoms with Crippen LogP contribution in [0.5, 0.6) is 0 Å². The first-order valence-corrected chi connectivity index (χ1v) is 15.1. The topological polar surface area (TPSA) is 147 Å². The molecule has 0 spiro atoms. The first-order chi connectivity index (χ1) is 21.2. The quantitative estimate of drug-likeness (QED) is 0.369. The molecule has 0 bridgehead atoms. The van der Waals surface area contributed by atoms with Gasteiger partial charge in [0.1, 0.15) is 5.69 Å². The van der Waals surface area contributed by atoms with Gasteiger partial charge in [-0.3, -0.25) is 14.5 Å². The summed E-state index contributed by atoms with van der Waals surface area (Å²) < 4.78 is 33.2. The summed E-state index contributed by atoms with van der Waals surface area (Å²) in [7, 11) is 0. The molecule has 1 amide bonds. The predicted octanol–water partition coefficient (Wildman–Crippen LogP) is 1.97. The van der Waals surface area contributed by atoms with Gasteiger partial charge in [0, 0.05) is 83.9 Å². The second kappa shape index (κ2) is 14.3. The molecule has 13 nitrogen and oxygen atoms in total. The summed E-state index contributed by atoms with van der Waals surface area (Å²) in [5.74, 6) is 1.24. The lowest BCUT2D eigenvalue weighted by Crippen LogP contribution is -2.56. The summed E-state index contributed by atoms with van der Waals surface area (Å²) >= 11 is 0. The number of piperazine rings is 1. The number of allylic oxidation sites excluding steroid dienone is 2. The molecule has 0 aromatic carbocycles. The minimum Gasteiger partial charge on any atom is -0.378 e. The van der Waals surface area contributed by atoms with Gasteiger partial charge < -0.3 is 25.2 Å². The molecule has 0 atom stereocenters. The van der Waals surface area contributed by atoms with Crippen LogP contribution in [0.4, 0.5) is 26.6 Å². The molecular formula is C29H40F2N10O3. The number of nitrogens with two attached hydrogens (primary N) is 1. The number of amides is 1. The molecule has 238 valence electrons. The summed E-state index contributed by atoms with van der Waals surface area (Å²) in [6.07, 6.45) is 1.36. The minimum atomic E-state index is -2.87. The zero-order valence-electron chi connectivity index (χ0n) is 25.3. The van der Waals surface area contributed by atoms with Gasteiger partial charge >= 0.3 is 0 Å². The average Bonchev–Trinajstić information content (AvgIpc) is 2.98. The van der Waals surface area contributed by atoms with E-state index >= 15 is 0 Å². The zero-order valence-corrected chi connectivity index (χ0v) is 25.3. The largest absolute Gasteiger partial charge is 0.378 e. The maximum absolute atomic E-state index is 13.9. The van der Waals surface area contributed by atoms with Crippen LogP contribution in [0.2, 0.25) is 0 Å². The Bertz CT molecular complexity index is 1350. The zero-order chi connectivity index (χ0) is 31.2. The number of ketones is 1. The predicted molar refractivity (Wildman–Crippen MR) is 160 cm³/mol. The van der Waals surface area contributed by atoms with Gasteiger partial charge in [-0.05, 0) is 26.3 Å². The van der Waals surface area contributed by atoms with Crippen molar-refractivity contribution in [2.75, 3.05) is 87.7 Å². The van der Waals surface area contributed by atoms with E-state index in [2.05, 4.69) is 24.8 Å². The molecule has 2 N–H and O–H groups in total. The van der Waals surface area contributed by atoms with Crippen molar-refractivity contribution in [1.82, 2.24) is 34.7 Å². The van der Waals surface area contributed by atoms with E-state index in [1.165, 1.54) is 6.20 Å². The van der Waals surface area contributed by atoms with E-state index in [4.69, 9.17) is 15.5 Å². The molecule has 3 aliphatic heterocycles. The standard InChI is InChI=1S/C29H40F2N10O3/c1-19(2)14-21(42)4-3-5-23(43)41-17-20(18-41)16-38-6-8-39(9-7-38)28-35-26(22-15-33-27(32)34-24(22)25(30)31)36-29(37-28)40-10-12-44-13-11-40/h14-15,20,25H,3-13,16-18H2,1-2H3,(H2,32,33,34). The summed E-state index contributed by atoms with van der Waals surface area (Å²) in [5, 5.41) is 0. The van der Waals surface area contributed by atoms with Crippen molar-refractivity contribution in [3.63, 3.8) is 0 Å². The molecule has 15 heteroatoms. The Morgan fingerprint density at radius 1 is 0.977 bits per heavy atom. The number of carbonyl (C=O) groups is 2. The second-order valence-electron chi connectivity index (χ2n) is 11.7. The third-order valence-electron chi connectivity index (χ3n) is 7.94. The first-order valence-electron chi connectivity index (χ1n) is 15.1. The fourth-order valence-electron chi connectivity index (χ4n) is 5.62. The molecule has 0 unspecified atom stereocenters. The summed E-state index contributed by atoms with van der Waals surface area (Å²) in [4.78, 5) is 54.1. The Hall–Kier alpha value is -3.85. The number of hydrogen-bond acceptors (Lipinski definition) is 12. The molecule has 44 heavy (non-hydrogen) atoms. The van der Waals surface area contributed by atoms with E-state index in [-0.39, 0.29) is 29.0 Å². The van der Waals surface area contributed by atoms with Crippen LogP contribution >= 0.6 is 0 Å². The number of morpholine rings is 1. The molecule has 0 aliphatic carbocycles. The fraction of sp³-hybridized carbons (Fsp3) is 0.621. The number of hydrogen-bond donors (Lipinski definition) is 1. The molecule has 5 rings (SSSR count). The lowest BCUT2D eigenvalue weighted by molar-refractivity contribution is -0.138. The van der Waals surface area contributed by atoms with Gasteiger partial charge in [-0.1, -0.05) is 5.57 Å². The maximum Gasteiger partial charge on any atom is 0.281 e. The van der Waals surface area contributed by atoms with Gasteiger partial charge in [0.15, 0.2) is 11.6 Å². The van der Waals surface area contributed by atoms with Crippen LogP contribution in [-0.2, 0) is 14.3 Å². The van der Waals surface area contributed by atoms with Gasteiger partial charge in [0.05, 0.1) is 18.8 Å². The fourth-order valence-corrected chi connectivity index (χ4v) is 5.62. The summed E-state index contributed by atoms with van der Waals surface area (Å²) in [6.45, 7) is 11.2. The molecule has 5 heterocycles. The summed E-state index contributed by atoms with van der Waals surface area (Å²) in [5.41, 5.74) is 6.07. The van der Waals surface area contributed by atoms with Crippen LogP contribution in [0.1, 0.15) is 45.2 Å². The number of ether oxygens (including phenoxy) is 1. The number of rotatable bonds is 11. The van der Waals surface area contributed by atoms with E-state index in [9.17, 15) is 18.4 Å². The first kappa shape index (κ1) is 31.6. The van der Waals surface area contributed by atoms with E-state index < -0.39 is 12.1 Å². The molecule has 3 saturated heterocycles. The van der Waals surface area contributed by atoms with Crippen molar-refractivity contribution in [2.45, 2.75) is 39.5 Å². The maximum atomic E-state index is 13.9. The van der Waals surface area contributed by atoms with Gasteiger partial charge in [0.2, 0.25) is 23.8 Å². The SMILES string of the molecule is CC(C)=CC(=O)CCCC(=O)N1CC(CN2CCN(c3nc(-c4cnc(N)nc4C(F)F)nc(N4CCOCC4)n3)CC2)C1. The molecule has 0 saturated carbocycles. The molecule has 3 aliphatic rings. The Morgan fingerprint density at radius 2 is 1.64 bits per heavy atom. The van der Waals surface area contributed by atoms with Gasteiger partial charge in [0.25, 0.3) is 6.43 Å². The number of carbonyl (C=O) groups excluding carboxylic acids is 2. The molecule has 0 radical (unpaired) electrons. The molecule has 3 fully saturated rings. The Balaban J connectivity index is 1.17. The highest BCUT2D eigenvalue weighted by Crippen LogP contribution is 2.30. The minimum absolute atomic E-state index is 0.0228. The van der Waals surface area contributed by atoms with Crippen molar-refractivity contribution in [3.05, 3.63) is 23.5 Å². The van der Waals surface area contributed by atoms with Crippen LogP contribution in [0.3, 0.4) is 0 Å². The lowest BCUT2D eigenvalue weighted by atomic mass is 9.98. The van der Waals surface area contributed by atoms with E-state index in [0.717, 1.165) is 38.3 Å². The van der Waals surface area contributed by atoms with Crippen LogP contribution in [0, 0.1) is 5.92 Å². The highest BCUT2D eigenvalue weighted by Gasteiger charge is 2.33. The molecular weight excluding hydrogens is 574 g/mol. The van der Waals surface area contributed by atoms with Gasteiger partial charge in [-0.15, -0.1) is 0 Å². The van der Waals surface area contributed by atoms with Crippen molar-refractivity contribution in [1.29, 1.82) is 0 Å². The number of nitrogen functional groups attached to an aromatic ring is 1. The number of aromatic nitrogens is 5. The number of halogens is 2. The van der Waals surface area contributed by atoms with Crippen molar-refractivity contribution >= 4 is 29.5 Å². The highest BCUT2D eigenvalue weighted by atomic mass is 19.3. The Kier molecular flexibility index (Phi) is 10.3. The molecule has 2 aromatic rings. The normalized spacial score (nSPS) is 18.0. The number of nitrogens with zero attached hydrogens (tertiary/aromatic N) is 9. The smallest absolute Gasteiger partial charge is 0.281 e. The summed E-state index contributed by atoms with van der Waals surface area (Å²) in [6, 6.07) is 0. The Morgan fingerprint density at radius 3 is 2.27 bits per heavy atom. The van der Waals surface area contributed by atoms with Crippen LogP contribution < -0.4 is 15.5 Å². The number of likely N-dealkylation sites (tertiary alicyclic amines) is 1. The third-order valence-corrected chi connectivity index (χ3v) is 7.94. The van der Waals surface area contributed by atoms with Gasteiger partial charge in [-0.25, -0.2) is 18.7 Å². The highest BCUT2D eigenvalue weighted by molar-refractivity contribution is 5.90. The van der Waals surface area contributed by atoms with Crippen molar-refractivity contribution < 1.29 is 23.1 Å².